The number of benzene rings is 1. The molecule has 3 rings (SSSR count). The molecule has 1 aromatic carbocycles. The van der Waals surface area contributed by atoms with Crippen LogP contribution in [-0.2, 0) is 16.0 Å². The van der Waals surface area contributed by atoms with E-state index in [4.69, 9.17) is 4.74 Å². The monoisotopic (exact) mass is 433 g/mol. The van der Waals surface area contributed by atoms with Gasteiger partial charge in [-0.15, -0.1) is 0 Å². The van der Waals surface area contributed by atoms with Gasteiger partial charge in [0.25, 0.3) is 0 Å². The van der Waals surface area contributed by atoms with Crippen LogP contribution in [-0.4, -0.2) is 52.7 Å². The number of rotatable bonds is 8. The maximum Gasteiger partial charge on any atom is 0.407 e. The van der Waals surface area contributed by atoms with Crippen molar-refractivity contribution in [3.8, 4) is 5.75 Å². The van der Waals surface area contributed by atoms with E-state index in [0.717, 1.165) is 42.6 Å². The number of carbonyl (C=O) groups is 2. The van der Waals surface area contributed by atoms with E-state index in [-0.39, 0.29) is 29.2 Å². The summed E-state index contributed by atoms with van der Waals surface area (Å²) in [5, 5.41) is 12.5. The average Bonchev–Trinajstić information content (AvgIpc) is 3.15. The Labute approximate surface area is 178 Å². The lowest BCUT2D eigenvalue weighted by atomic mass is 9.94. The molecule has 162 valence electrons. The molecule has 0 radical (unpaired) electrons. The first-order valence-electron chi connectivity index (χ1n) is 10.2. The van der Waals surface area contributed by atoms with Crippen molar-refractivity contribution in [2.75, 3.05) is 19.7 Å². The fourth-order valence-corrected chi connectivity index (χ4v) is 4.74. The molecule has 0 atom stereocenters. The van der Waals surface area contributed by atoms with Gasteiger partial charge in [-0.2, -0.15) is 0 Å². The second-order valence-corrected chi connectivity index (χ2v) is 8.29. The van der Waals surface area contributed by atoms with Crippen LogP contribution < -0.4 is 10.2 Å². The van der Waals surface area contributed by atoms with Crippen LogP contribution in [0.4, 0.5) is 4.79 Å². The maximum atomic E-state index is 12.2. The lowest BCUT2D eigenvalue weighted by molar-refractivity contribution is -0.129. The van der Waals surface area contributed by atoms with Crippen molar-refractivity contribution in [2.24, 2.45) is 0 Å². The summed E-state index contributed by atoms with van der Waals surface area (Å²) in [6, 6.07) is 3.44. The average molecular weight is 434 g/mol. The summed E-state index contributed by atoms with van der Waals surface area (Å²) in [5.74, 6) is -0.108. The number of aromatic hydroxyl groups is 1. The number of hydrogen-bond acceptors (Lipinski definition) is 6. The predicted octanol–water partition coefficient (Wildman–Crippen LogP) is 2.91. The highest BCUT2D eigenvalue weighted by Crippen LogP contribution is 2.28. The van der Waals surface area contributed by atoms with E-state index >= 15 is 0 Å². The molecule has 0 bridgehead atoms. The molecule has 8 nitrogen and oxygen atoms in total. The normalized spacial score (nSPS) is 14.4. The van der Waals surface area contributed by atoms with Crippen LogP contribution in [0.1, 0.15) is 37.7 Å². The summed E-state index contributed by atoms with van der Waals surface area (Å²) < 4.78 is 5.92. The van der Waals surface area contributed by atoms with Gasteiger partial charge < -0.3 is 25.0 Å². The van der Waals surface area contributed by atoms with Crippen LogP contribution in [0, 0.1) is 0 Å². The van der Waals surface area contributed by atoms with E-state index in [9.17, 15) is 19.5 Å². The van der Waals surface area contributed by atoms with E-state index in [1.54, 1.807) is 11.0 Å². The zero-order valence-electron chi connectivity index (χ0n) is 16.8. The Balaban J connectivity index is 1.45. The molecule has 0 spiro atoms. The van der Waals surface area contributed by atoms with Gasteiger partial charge in [0, 0.05) is 12.6 Å². The first-order chi connectivity index (χ1) is 14.5. The lowest BCUT2D eigenvalue weighted by Crippen LogP contribution is -2.43. The number of phenolic OH excluding ortho intramolecular Hbond substituents is 1. The van der Waals surface area contributed by atoms with Gasteiger partial charge in [-0.1, -0.05) is 43.2 Å². The van der Waals surface area contributed by atoms with Crippen molar-refractivity contribution >= 4 is 33.6 Å². The second-order valence-electron chi connectivity index (χ2n) is 7.30. The number of nitrogens with one attached hydrogen (secondary N) is 2. The van der Waals surface area contributed by atoms with Crippen molar-refractivity contribution in [1.29, 1.82) is 0 Å². The standard InChI is InChI=1S/C21H27N3O5S/c1-2-17(26)24(15-6-4-3-5-7-15)12-13-29-20(27)22-11-10-14-8-9-16(25)18-19(14)30-21(28)23-18/h2,8-9,15,25H,1,3-7,10-13H2,(H,22,27)(H,23,28). The van der Waals surface area contributed by atoms with Gasteiger partial charge in [0.1, 0.15) is 17.9 Å². The number of fused-ring (bicyclic) bond motifs is 1. The number of aromatic nitrogens is 1. The minimum atomic E-state index is -0.554. The van der Waals surface area contributed by atoms with E-state index < -0.39 is 6.09 Å². The SMILES string of the molecule is C=CC(=O)N(CCOC(=O)NCCc1ccc(O)c2[nH]c(=O)sc12)C1CCCCC1. The number of thiazole rings is 1. The Bertz CT molecular complexity index is 961. The van der Waals surface area contributed by atoms with Crippen molar-refractivity contribution in [2.45, 2.75) is 44.6 Å². The third-order valence-electron chi connectivity index (χ3n) is 5.34. The smallest absolute Gasteiger partial charge is 0.407 e. The van der Waals surface area contributed by atoms with Gasteiger partial charge in [0.2, 0.25) is 5.91 Å². The molecule has 0 saturated heterocycles. The minimum Gasteiger partial charge on any atom is -0.506 e. The molecule has 3 N–H and O–H groups in total. The molecule has 1 saturated carbocycles. The quantitative estimate of drug-likeness (QED) is 0.554. The highest BCUT2D eigenvalue weighted by atomic mass is 32.1. The molecule has 0 aliphatic heterocycles. The first kappa shape index (κ1) is 21.9. The molecular weight excluding hydrogens is 406 g/mol. The zero-order chi connectivity index (χ0) is 21.5. The maximum absolute atomic E-state index is 12.2. The number of aromatic amines is 1. The van der Waals surface area contributed by atoms with E-state index in [0.29, 0.717) is 29.7 Å². The molecule has 0 unspecified atom stereocenters. The lowest BCUT2D eigenvalue weighted by Gasteiger charge is -2.33. The third-order valence-corrected chi connectivity index (χ3v) is 6.30. The molecule has 2 aromatic rings. The molecule has 1 aromatic heterocycles. The van der Waals surface area contributed by atoms with Crippen molar-refractivity contribution < 1.29 is 19.4 Å². The summed E-state index contributed by atoms with van der Waals surface area (Å²) in [5.41, 5.74) is 1.27. The number of hydrogen-bond donors (Lipinski definition) is 3. The summed E-state index contributed by atoms with van der Waals surface area (Å²) in [4.78, 5) is 39.8. The number of ether oxygens (including phenoxy) is 1. The van der Waals surface area contributed by atoms with E-state index in [1.807, 2.05) is 0 Å². The summed E-state index contributed by atoms with van der Waals surface area (Å²) >= 11 is 1.03. The van der Waals surface area contributed by atoms with Gasteiger partial charge in [-0.25, -0.2) is 4.79 Å². The number of amides is 2. The molecule has 30 heavy (non-hydrogen) atoms. The number of phenols is 1. The van der Waals surface area contributed by atoms with Crippen molar-refractivity contribution in [3.05, 3.63) is 40.0 Å². The fourth-order valence-electron chi connectivity index (χ4n) is 3.84. The summed E-state index contributed by atoms with van der Waals surface area (Å²) in [7, 11) is 0. The number of carbonyl (C=O) groups excluding carboxylic acids is 2. The third kappa shape index (κ3) is 5.41. The Morgan fingerprint density at radius 2 is 2.10 bits per heavy atom. The van der Waals surface area contributed by atoms with E-state index in [2.05, 4.69) is 16.9 Å². The Morgan fingerprint density at radius 3 is 2.83 bits per heavy atom. The Hall–Kier alpha value is -2.81. The first-order valence-corrected chi connectivity index (χ1v) is 11.0. The molecule has 1 aliphatic carbocycles. The van der Waals surface area contributed by atoms with Crippen LogP contribution in [0.5, 0.6) is 5.75 Å². The summed E-state index contributed by atoms with van der Waals surface area (Å²) in [6.07, 6.45) is 6.59. The van der Waals surface area contributed by atoms with Crippen LogP contribution in [0.15, 0.2) is 29.6 Å². The Morgan fingerprint density at radius 1 is 1.33 bits per heavy atom. The number of alkyl carbamates (subject to hydrolysis) is 1. The largest absolute Gasteiger partial charge is 0.506 e. The van der Waals surface area contributed by atoms with Gasteiger partial charge in [-0.3, -0.25) is 9.59 Å². The van der Waals surface area contributed by atoms with Gasteiger partial charge in [0.15, 0.2) is 0 Å². The van der Waals surface area contributed by atoms with Gasteiger partial charge in [-0.05, 0) is 37.0 Å². The topological polar surface area (TPSA) is 112 Å². The highest BCUT2D eigenvalue weighted by molar-refractivity contribution is 7.16. The van der Waals surface area contributed by atoms with E-state index in [1.165, 1.54) is 18.6 Å². The second kappa shape index (κ2) is 10.3. The molecule has 2 amide bonds. The van der Waals surface area contributed by atoms with Gasteiger partial charge >= 0.3 is 11.0 Å². The number of nitrogens with zero attached hydrogens (tertiary/aromatic N) is 1. The van der Waals surface area contributed by atoms with Crippen molar-refractivity contribution in [1.82, 2.24) is 15.2 Å². The molecule has 1 heterocycles. The number of H-pyrrole nitrogens is 1. The molecular formula is C21H27N3O5S. The zero-order valence-corrected chi connectivity index (χ0v) is 17.6. The van der Waals surface area contributed by atoms with Crippen LogP contribution in [0.2, 0.25) is 0 Å². The van der Waals surface area contributed by atoms with Crippen molar-refractivity contribution in [3.63, 3.8) is 0 Å². The van der Waals surface area contributed by atoms with Crippen LogP contribution in [0.25, 0.3) is 10.2 Å². The minimum absolute atomic E-state index is 0.0241. The molecule has 9 heteroatoms. The molecule has 1 fully saturated rings. The summed E-state index contributed by atoms with van der Waals surface area (Å²) in [6.45, 7) is 4.35. The fraction of sp³-hybridized carbons (Fsp3) is 0.476. The van der Waals surface area contributed by atoms with Crippen LogP contribution in [0.3, 0.4) is 0 Å². The van der Waals surface area contributed by atoms with Crippen LogP contribution >= 0.6 is 11.3 Å². The highest BCUT2D eigenvalue weighted by Gasteiger charge is 2.24. The molecule has 1 aliphatic rings. The van der Waals surface area contributed by atoms with Gasteiger partial charge in [0.05, 0.1) is 11.2 Å². The Kier molecular flexibility index (Phi) is 7.51. The predicted molar refractivity (Wildman–Crippen MR) is 116 cm³/mol.